The molecule has 0 aromatic heterocycles. The molecule has 0 spiro atoms. The standard InChI is InChI=1S/C18H17FN2O3/c19-14-8-6-13(7-9-14)17(23)18(24)20-10-11-21(16(22)12-20)15-4-2-1-3-5-15/h1-9,17,23H,10-12H2/t17-/m0/s1. The number of benzene rings is 2. The largest absolute Gasteiger partial charge is 0.378 e. The van der Waals surface area contributed by atoms with Gasteiger partial charge in [0.05, 0.1) is 0 Å². The van der Waals surface area contributed by atoms with Gasteiger partial charge in [-0.05, 0) is 29.8 Å². The number of aliphatic hydroxyl groups excluding tert-OH is 1. The highest BCUT2D eigenvalue weighted by atomic mass is 19.1. The average Bonchev–Trinajstić information content (AvgIpc) is 2.62. The van der Waals surface area contributed by atoms with Crippen molar-refractivity contribution in [3.63, 3.8) is 0 Å². The molecular formula is C18H17FN2O3. The van der Waals surface area contributed by atoms with E-state index in [1.165, 1.54) is 29.2 Å². The van der Waals surface area contributed by atoms with Gasteiger partial charge in [0.25, 0.3) is 5.91 Å². The summed E-state index contributed by atoms with van der Waals surface area (Å²) in [6.07, 6.45) is -1.40. The topological polar surface area (TPSA) is 60.9 Å². The van der Waals surface area contributed by atoms with Crippen LogP contribution in [0.15, 0.2) is 54.6 Å². The van der Waals surface area contributed by atoms with Gasteiger partial charge in [0.2, 0.25) is 5.91 Å². The van der Waals surface area contributed by atoms with Crippen LogP contribution in [0.3, 0.4) is 0 Å². The van der Waals surface area contributed by atoms with Crippen LogP contribution < -0.4 is 4.90 Å². The summed E-state index contributed by atoms with van der Waals surface area (Å²) in [5, 5.41) is 10.2. The summed E-state index contributed by atoms with van der Waals surface area (Å²) in [6, 6.07) is 14.3. The molecule has 2 aromatic carbocycles. The Bertz CT molecular complexity index is 734. The lowest BCUT2D eigenvalue weighted by atomic mass is 10.1. The fourth-order valence-electron chi connectivity index (χ4n) is 2.70. The number of hydrogen-bond acceptors (Lipinski definition) is 3. The molecule has 0 saturated carbocycles. The SMILES string of the molecule is O=C([C@@H](O)c1ccc(F)cc1)N1CCN(c2ccccc2)C(=O)C1. The predicted molar refractivity (Wildman–Crippen MR) is 86.7 cm³/mol. The maximum Gasteiger partial charge on any atom is 0.256 e. The van der Waals surface area contributed by atoms with Gasteiger partial charge in [-0.25, -0.2) is 4.39 Å². The zero-order valence-corrected chi connectivity index (χ0v) is 12.9. The van der Waals surface area contributed by atoms with Crippen molar-refractivity contribution in [2.24, 2.45) is 0 Å². The summed E-state index contributed by atoms with van der Waals surface area (Å²) in [6.45, 7) is 0.606. The number of nitrogens with zero attached hydrogens (tertiary/aromatic N) is 2. The number of anilines is 1. The van der Waals surface area contributed by atoms with Crippen molar-refractivity contribution in [3.05, 3.63) is 66.0 Å². The molecule has 1 heterocycles. The first-order valence-corrected chi connectivity index (χ1v) is 7.64. The molecule has 0 bridgehead atoms. The van der Waals surface area contributed by atoms with Crippen LogP contribution >= 0.6 is 0 Å². The van der Waals surface area contributed by atoms with Crippen LogP contribution in [0.1, 0.15) is 11.7 Å². The number of aliphatic hydroxyl groups is 1. The van der Waals surface area contributed by atoms with Gasteiger partial charge >= 0.3 is 0 Å². The van der Waals surface area contributed by atoms with Gasteiger partial charge in [-0.15, -0.1) is 0 Å². The Morgan fingerprint density at radius 3 is 2.33 bits per heavy atom. The highest BCUT2D eigenvalue weighted by Gasteiger charge is 2.31. The Labute approximate surface area is 138 Å². The maximum atomic E-state index is 12.9. The summed E-state index contributed by atoms with van der Waals surface area (Å²) >= 11 is 0. The number of carbonyl (C=O) groups excluding carboxylic acids is 2. The van der Waals surface area contributed by atoms with Gasteiger partial charge < -0.3 is 14.9 Å². The van der Waals surface area contributed by atoms with Crippen LogP contribution in [0.5, 0.6) is 0 Å². The van der Waals surface area contributed by atoms with Crippen LogP contribution in [0, 0.1) is 5.82 Å². The molecular weight excluding hydrogens is 311 g/mol. The number of carbonyl (C=O) groups is 2. The summed E-state index contributed by atoms with van der Waals surface area (Å²) in [4.78, 5) is 27.6. The third kappa shape index (κ3) is 3.28. The van der Waals surface area contributed by atoms with E-state index in [1.54, 1.807) is 4.90 Å². The first-order chi connectivity index (χ1) is 11.6. The van der Waals surface area contributed by atoms with Crippen molar-refractivity contribution in [1.82, 2.24) is 4.90 Å². The third-order valence-corrected chi connectivity index (χ3v) is 4.02. The molecule has 124 valence electrons. The summed E-state index contributed by atoms with van der Waals surface area (Å²) in [5.74, 6) is -1.19. The van der Waals surface area contributed by atoms with E-state index in [4.69, 9.17) is 0 Å². The Balaban J connectivity index is 1.68. The Morgan fingerprint density at radius 1 is 1.04 bits per heavy atom. The lowest BCUT2D eigenvalue weighted by Gasteiger charge is -2.35. The Hall–Kier alpha value is -2.73. The van der Waals surface area contributed by atoms with E-state index >= 15 is 0 Å². The molecule has 0 aliphatic carbocycles. The number of para-hydroxylation sites is 1. The number of piperazine rings is 1. The minimum atomic E-state index is -1.40. The summed E-state index contributed by atoms with van der Waals surface area (Å²) in [7, 11) is 0. The van der Waals surface area contributed by atoms with Crippen molar-refractivity contribution < 1.29 is 19.1 Å². The lowest BCUT2D eigenvalue weighted by Crippen LogP contribution is -2.53. The highest BCUT2D eigenvalue weighted by Crippen LogP contribution is 2.20. The van der Waals surface area contributed by atoms with Crippen LogP contribution in [0.25, 0.3) is 0 Å². The molecule has 1 aliphatic heterocycles. The molecule has 3 rings (SSSR count). The quantitative estimate of drug-likeness (QED) is 0.933. The second-order valence-corrected chi connectivity index (χ2v) is 5.59. The van der Waals surface area contributed by atoms with E-state index in [1.807, 2.05) is 30.3 Å². The number of hydrogen-bond donors (Lipinski definition) is 1. The van der Waals surface area contributed by atoms with E-state index in [0.717, 1.165) is 5.69 Å². The molecule has 24 heavy (non-hydrogen) atoms. The molecule has 2 aromatic rings. The minimum absolute atomic E-state index is 0.0913. The first kappa shape index (κ1) is 16.1. The van der Waals surface area contributed by atoms with Crippen LogP contribution in [-0.4, -0.2) is 41.5 Å². The molecule has 1 N–H and O–H groups in total. The molecule has 2 amide bonds. The molecule has 6 heteroatoms. The van der Waals surface area contributed by atoms with Gasteiger partial charge in [-0.3, -0.25) is 9.59 Å². The van der Waals surface area contributed by atoms with E-state index in [0.29, 0.717) is 18.7 Å². The molecule has 5 nitrogen and oxygen atoms in total. The smallest absolute Gasteiger partial charge is 0.256 e. The zero-order chi connectivity index (χ0) is 17.1. The number of amides is 2. The zero-order valence-electron chi connectivity index (χ0n) is 12.9. The third-order valence-electron chi connectivity index (χ3n) is 4.02. The minimum Gasteiger partial charge on any atom is -0.378 e. The maximum absolute atomic E-state index is 12.9. The fraction of sp³-hybridized carbons (Fsp3) is 0.222. The summed E-state index contributed by atoms with van der Waals surface area (Å²) in [5.41, 5.74) is 1.09. The second-order valence-electron chi connectivity index (χ2n) is 5.59. The normalized spacial score (nSPS) is 16.2. The molecule has 1 saturated heterocycles. The van der Waals surface area contributed by atoms with E-state index < -0.39 is 17.8 Å². The number of rotatable bonds is 3. The average molecular weight is 328 g/mol. The molecule has 1 fully saturated rings. The van der Waals surface area contributed by atoms with E-state index in [-0.39, 0.29) is 12.5 Å². The number of halogens is 1. The Morgan fingerprint density at radius 2 is 1.71 bits per heavy atom. The van der Waals surface area contributed by atoms with E-state index in [2.05, 4.69) is 0 Å². The molecule has 0 radical (unpaired) electrons. The van der Waals surface area contributed by atoms with Gasteiger partial charge in [0.15, 0.2) is 6.10 Å². The van der Waals surface area contributed by atoms with Gasteiger partial charge in [0, 0.05) is 18.8 Å². The van der Waals surface area contributed by atoms with Gasteiger partial charge in [0.1, 0.15) is 12.4 Å². The van der Waals surface area contributed by atoms with Crippen LogP contribution in [0.2, 0.25) is 0 Å². The van der Waals surface area contributed by atoms with Crippen LogP contribution in [-0.2, 0) is 9.59 Å². The molecule has 0 unspecified atom stereocenters. The second kappa shape index (κ2) is 6.80. The molecule has 1 atom stereocenters. The van der Waals surface area contributed by atoms with Gasteiger partial charge in [-0.1, -0.05) is 30.3 Å². The monoisotopic (exact) mass is 328 g/mol. The Kier molecular flexibility index (Phi) is 4.57. The highest BCUT2D eigenvalue weighted by molar-refractivity contribution is 5.98. The van der Waals surface area contributed by atoms with Gasteiger partial charge in [-0.2, -0.15) is 0 Å². The van der Waals surface area contributed by atoms with Crippen molar-refractivity contribution >= 4 is 17.5 Å². The predicted octanol–water partition coefficient (Wildman–Crippen LogP) is 1.73. The first-order valence-electron chi connectivity index (χ1n) is 7.64. The molecule has 1 aliphatic rings. The summed E-state index contributed by atoms with van der Waals surface area (Å²) < 4.78 is 12.9. The van der Waals surface area contributed by atoms with Crippen molar-refractivity contribution in [2.75, 3.05) is 24.5 Å². The fourth-order valence-corrected chi connectivity index (χ4v) is 2.70. The van der Waals surface area contributed by atoms with Crippen molar-refractivity contribution in [1.29, 1.82) is 0 Å². The van der Waals surface area contributed by atoms with Crippen molar-refractivity contribution in [3.8, 4) is 0 Å². The van der Waals surface area contributed by atoms with E-state index in [9.17, 15) is 19.1 Å². The lowest BCUT2D eigenvalue weighted by molar-refractivity contribution is -0.144. The van der Waals surface area contributed by atoms with Crippen molar-refractivity contribution in [2.45, 2.75) is 6.10 Å². The van der Waals surface area contributed by atoms with Crippen LogP contribution in [0.4, 0.5) is 10.1 Å².